The molecule has 4 saturated heterocycles. The Hall–Kier alpha value is -5.55. The minimum absolute atomic E-state index is 0.102. The molecule has 0 amide bonds. The van der Waals surface area contributed by atoms with Crippen molar-refractivity contribution in [3.05, 3.63) is 122 Å². The van der Waals surface area contributed by atoms with Crippen LogP contribution < -0.4 is 21.2 Å². The number of hydrogen-bond donors (Lipinski definition) is 3. The molecular formula is C46H58N10O6. The van der Waals surface area contributed by atoms with Gasteiger partial charge in [-0.3, -0.25) is 19.3 Å². The molecule has 4 aliphatic heterocycles. The first kappa shape index (κ1) is 43.1. The van der Waals surface area contributed by atoms with Gasteiger partial charge in [-0.1, -0.05) is 50.2 Å². The lowest BCUT2D eigenvalue weighted by atomic mass is 9.97. The van der Waals surface area contributed by atoms with E-state index in [9.17, 15) is 14.4 Å². The molecule has 62 heavy (non-hydrogen) atoms. The molecule has 4 atom stereocenters. The molecule has 4 aromatic heterocycles. The minimum Gasteiger partial charge on any atom is -0.496 e. The van der Waals surface area contributed by atoms with E-state index in [2.05, 4.69) is 75.2 Å². The van der Waals surface area contributed by atoms with Crippen LogP contribution in [0.15, 0.2) is 70.5 Å². The number of H-pyrrole nitrogens is 2. The van der Waals surface area contributed by atoms with Crippen LogP contribution in [0, 0.1) is 18.8 Å². The molecule has 0 radical (unpaired) electrons. The number of ether oxygens (including phenoxy) is 3. The Balaban J connectivity index is 0.000000144. The summed E-state index contributed by atoms with van der Waals surface area (Å²) in [5, 5.41) is 13.0. The van der Waals surface area contributed by atoms with Crippen molar-refractivity contribution in [2.75, 3.05) is 59.7 Å². The number of para-hydroxylation sites is 1. The number of carbonyl (C=O) groups excluding carboxylic acids is 1. The number of carbonyl (C=O) groups is 1. The van der Waals surface area contributed by atoms with Crippen molar-refractivity contribution in [3.8, 4) is 5.75 Å². The monoisotopic (exact) mass is 846 g/mol. The maximum Gasteiger partial charge on any atom is 0.276 e. The van der Waals surface area contributed by atoms with E-state index in [1.54, 1.807) is 46.7 Å². The Morgan fingerprint density at radius 1 is 0.742 bits per heavy atom. The standard InChI is InChI=1S/C23H29N5O2.C15H21N5O2.C8H8O2/c1-15-5-3-4-6-18(15)13-27-12-16(2)19(14-27)21-25-23(29)20-11-24-22(28(20)26-21)17-7-9-30-10-8-17;1-9-6-16-7-11(9)13-18-15(21)12-8-17-14(20(12)19-13)10-2-4-22-5-3-10;1-10-8-5-3-2-4-7(8)6-9/h3-6,11,16-17,19H,7-10,12-14H2,1-2H3,(H,25,26,29);8-11,16H,2-7H2,1H3,(H,18,19,21);2-6H,1H3. The van der Waals surface area contributed by atoms with Gasteiger partial charge in [0.25, 0.3) is 11.1 Å². The number of benzene rings is 2. The zero-order valence-corrected chi connectivity index (χ0v) is 36.1. The van der Waals surface area contributed by atoms with Gasteiger partial charge in [-0.15, -0.1) is 0 Å². The lowest BCUT2D eigenvalue weighted by Crippen LogP contribution is -2.24. The molecule has 0 aliphatic carbocycles. The average Bonchev–Trinajstić information content (AvgIpc) is 4.12. The maximum absolute atomic E-state index is 12.8. The smallest absolute Gasteiger partial charge is 0.276 e. The van der Waals surface area contributed by atoms with E-state index in [1.165, 1.54) is 11.1 Å². The zero-order chi connectivity index (χ0) is 43.2. The molecule has 4 aliphatic rings. The summed E-state index contributed by atoms with van der Waals surface area (Å²) in [6.45, 7) is 14.2. The number of fused-ring (bicyclic) bond motifs is 2. The van der Waals surface area contributed by atoms with Crippen LogP contribution in [0.3, 0.4) is 0 Å². The van der Waals surface area contributed by atoms with E-state index in [1.807, 2.05) is 6.07 Å². The van der Waals surface area contributed by atoms with Crippen molar-refractivity contribution in [1.29, 1.82) is 0 Å². The second kappa shape index (κ2) is 19.7. The summed E-state index contributed by atoms with van der Waals surface area (Å²) in [7, 11) is 1.54. The normalized spacial score (nSPS) is 22.3. The number of imidazole rings is 2. The van der Waals surface area contributed by atoms with Crippen LogP contribution in [0.2, 0.25) is 0 Å². The van der Waals surface area contributed by atoms with Crippen molar-refractivity contribution in [3.63, 3.8) is 0 Å². The van der Waals surface area contributed by atoms with Gasteiger partial charge >= 0.3 is 0 Å². The van der Waals surface area contributed by atoms with Gasteiger partial charge in [-0.05, 0) is 74.2 Å². The van der Waals surface area contributed by atoms with Crippen LogP contribution in [-0.2, 0) is 16.0 Å². The second-order valence-corrected chi connectivity index (χ2v) is 17.1. The van der Waals surface area contributed by atoms with Crippen LogP contribution >= 0.6 is 0 Å². The summed E-state index contributed by atoms with van der Waals surface area (Å²) in [5.41, 5.74) is 4.13. The number of hydrogen-bond acceptors (Lipinski definition) is 12. The fraction of sp³-hybridized carbons (Fsp3) is 0.500. The van der Waals surface area contributed by atoms with Gasteiger partial charge in [-0.25, -0.2) is 19.0 Å². The summed E-state index contributed by atoms with van der Waals surface area (Å²) >= 11 is 0. The zero-order valence-electron chi connectivity index (χ0n) is 36.1. The Morgan fingerprint density at radius 2 is 1.31 bits per heavy atom. The lowest BCUT2D eigenvalue weighted by molar-refractivity contribution is 0.0831. The molecule has 4 unspecified atom stereocenters. The number of rotatable bonds is 8. The van der Waals surface area contributed by atoms with Gasteiger partial charge in [-0.2, -0.15) is 10.2 Å². The highest BCUT2D eigenvalue weighted by atomic mass is 16.5. The maximum atomic E-state index is 12.8. The van der Waals surface area contributed by atoms with Crippen molar-refractivity contribution in [1.82, 2.24) is 49.4 Å². The summed E-state index contributed by atoms with van der Waals surface area (Å²) in [4.78, 5) is 53.0. The summed E-state index contributed by atoms with van der Waals surface area (Å²) in [5.74, 6) is 5.91. The molecule has 2 aromatic carbocycles. The molecule has 16 heteroatoms. The average molecular weight is 847 g/mol. The summed E-state index contributed by atoms with van der Waals surface area (Å²) < 4.78 is 19.4. The molecule has 6 aromatic rings. The highest BCUT2D eigenvalue weighted by Gasteiger charge is 2.34. The third-order valence-electron chi connectivity index (χ3n) is 12.9. The Bertz CT molecular complexity index is 2570. The van der Waals surface area contributed by atoms with Crippen LogP contribution in [-0.4, -0.2) is 110 Å². The van der Waals surface area contributed by atoms with E-state index in [0.29, 0.717) is 46.0 Å². The molecule has 4 fully saturated rings. The molecule has 8 heterocycles. The first-order chi connectivity index (χ1) is 30.2. The number of aryl methyl sites for hydroxylation is 1. The number of nitrogens with one attached hydrogen (secondary N) is 3. The van der Waals surface area contributed by atoms with E-state index in [-0.39, 0.29) is 23.0 Å². The van der Waals surface area contributed by atoms with Crippen LogP contribution in [0.1, 0.15) is 108 Å². The number of nitrogens with zero attached hydrogens (tertiary/aromatic N) is 7. The van der Waals surface area contributed by atoms with Gasteiger partial charge in [0.1, 0.15) is 29.0 Å². The van der Waals surface area contributed by atoms with Crippen molar-refractivity contribution >= 4 is 17.3 Å². The summed E-state index contributed by atoms with van der Waals surface area (Å²) in [6, 6.07) is 15.6. The molecule has 0 saturated carbocycles. The highest BCUT2D eigenvalue weighted by Crippen LogP contribution is 2.33. The molecule has 16 nitrogen and oxygen atoms in total. The van der Waals surface area contributed by atoms with Crippen LogP contribution in [0.25, 0.3) is 11.0 Å². The molecule has 10 rings (SSSR count). The van der Waals surface area contributed by atoms with Crippen LogP contribution in [0.5, 0.6) is 5.75 Å². The van der Waals surface area contributed by atoms with E-state index in [4.69, 9.17) is 24.4 Å². The van der Waals surface area contributed by atoms with Gasteiger partial charge in [0.2, 0.25) is 0 Å². The van der Waals surface area contributed by atoms with E-state index in [0.717, 1.165) is 114 Å². The fourth-order valence-corrected chi connectivity index (χ4v) is 9.19. The predicted octanol–water partition coefficient (Wildman–Crippen LogP) is 5.00. The predicted molar refractivity (Wildman–Crippen MR) is 234 cm³/mol. The number of aromatic nitrogens is 8. The first-order valence-corrected chi connectivity index (χ1v) is 21.9. The lowest BCUT2D eigenvalue weighted by Gasteiger charge is -2.21. The van der Waals surface area contributed by atoms with E-state index >= 15 is 0 Å². The molecular weight excluding hydrogens is 789 g/mol. The first-order valence-electron chi connectivity index (χ1n) is 21.9. The van der Waals surface area contributed by atoms with Gasteiger partial charge in [0, 0.05) is 76.3 Å². The minimum atomic E-state index is -0.102. The Morgan fingerprint density at radius 3 is 1.84 bits per heavy atom. The highest BCUT2D eigenvalue weighted by molar-refractivity contribution is 5.79. The summed E-state index contributed by atoms with van der Waals surface area (Å²) in [6.07, 6.45) is 7.78. The Kier molecular flexibility index (Phi) is 13.7. The molecule has 328 valence electrons. The number of aldehydes is 1. The largest absolute Gasteiger partial charge is 0.496 e. The van der Waals surface area contributed by atoms with Crippen molar-refractivity contribution in [2.24, 2.45) is 11.8 Å². The second-order valence-electron chi connectivity index (χ2n) is 17.1. The van der Waals surface area contributed by atoms with Crippen LogP contribution in [0.4, 0.5) is 0 Å². The SMILES string of the molecule is CC1CNCC1c1nn2c(C3CCOCC3)ncc2c(=O)[nH]1.COc1ccccc1C=O.Cc1ccccc1CN1CC(C)C(c2nn3c(C4CCOCC4)ncc3c(=O)[nH]2)C1. The number of likely N-dealkylation sites (tertiary alicyclic amines) is 1. The third kappa shape index (κ3) is 9.43. The van der Waals surface area contributed by atoms with Crippen molar-refractivity contribution < 1.29 is 19.0 Å². The number of methoxy groups -OCH3 is 1. The quantitative estimate of drug-likeness (QED) is 0.175. The molecule has 3 N–H and O–H groups in total. The van der Waals surface area contributed by atoms with Gasteiger partial charge in [0.15, 0.2) is 17.3 Å². The van der Waals surface area contributed by atoms with E-state index < -0.39 is 0 Å². The Labute approximate surface area is 360 Å². The number of aromatic amines is 2. The van der Waals surface area contributed by atoms with Crippen molar-refractivity contribution in [2.45, 2.75) is 76.7 Å². The van der Waals surface area contributed by atoms with Gasteiger partial charge < -0.3 is 29.5 Å². The van der Waals surface area contributed by atoms with Gasteiger partial charge in [0.05, 0.1) is 25.1 Å². The molecule has 0 spiro atoms. The third-order valence-corrected chi connectivity index (χ3v) is 12.9. The fourth-order valence-electron chi connectivity index (χ4n) is 9.19. The molecule has 0 bridgehead atoms. The topological polar surface area (TPSA) is 186 Å².